The summed E-state index contributed by atoms with van der Waals surface area (Å²) in [5.41, 5.74) is 1.17. The van der Waals surface area contributed by atoms with Crippen LogP contribution in [0.5, 0.6) is 11.5 Å². The van der Waals surface area contributed by atoms with Crippen LogP contribution in [0.4, 0.5) is 0 Å². The lowest BCUT2D eigenvalue weighted by molar-refractivity contribution is 0.174. The van der Waals surface area contributed by atoms with Crippen molar-refractivity contribution in [2.24, 2.45) is 0 Å². The number of unbranched alkanes of at least 4 members (excludes halogenated alkanes) is 5. The summed E-state index contributed by atoms with van der Waals surface area (Å²) in [5, 5.41) is 4.18. The van der Waals surface area contributed by atoms with Crippen molar-refractivity contribution in [3.05, 3.63) is 58.4 Å². The minimum atomic E-state index is -0.743. The first kappa shape index (κ1) is 25.1. The molecule has 0 bridgehead atoms. The highest BCUT2D eigenvalue weighted by atomic mass is 35.5. The average Bonchev–Trinajstić information content (AvgIpc) is 3.43. The van der Waals surface area contributed by atoms with Gasteiger partial charge < -0.3 is 9.47 Å². The van der Waals surface area contributed by atoms with E-state index in [-0.39, 0.29) is 5.25 Å². The Hall–Kier alpha value is -1.56. The predicted octanol–water partition coefficient (Wildman–Crippen LogP) is 8.01. The molecule has 3 aromatic rings. The lowest BCUT2D eigenvalue weighted by Crippen LogP contribution is -2.16. The fourth-order valence-electron chi connectivity index (χ4n) is 3.66. The summed E-state index contributed by atoms with van der Waals surface area (Å²) < 4.78 is 24.3. The van der Waals surface area contributed by atoms with Crippen LogP contribution in [0.1, 0.15) is 57.9 Å². The van der Waals surface area contributed by atoms with E-state index < -0.39 is 10.8 Å². The van der Waals surface area contributed by atoms with E-state index in [1.54, 1.807) is 11.3 Å². The lowest BCUT2D eigenvalue weighted by atomic mass is 10.1. The Morgan fingerprint density at radius 3 is 2.59 bits per heavy atom. The molecule has 0 spiro atoms. The summed E-state index contributed by atoms with van der Waals surface area (Å²) in [4.78, 5) is 0. The SMILES string of the molecule is CCCCCCCCS(=O)C(C)Cc1ccc2c(c1)OCO2.Clc1csc2ccccc12. The maximum Gasteiger partial charge on any atom is 0.231 e. The summed E-state index contributed by atoms with van der Waals surface area (Å²) in [5.74, 6) is 2.45. The van der Waals surface area contributed by atoms with E-state index in [2.05, 4.69) is 19.9 Å². The van der Waals surface area contributed by atoms with Crippen LogP contribution in [0.25, 0.3) is 10.1 Å². The molecule has 0 N–H and O–H groups in total. The van der Waals surface area contributed by atoms with Crippen LogP contribution in [0, 0.1) is 0 Å². The molecule has 6 heteroatoms. The number of hydrogen-bond donors (Lipinski definition) is 0. The first-order valence-corrected chi connectivity index (χ1v) is 14.1. The van der Waals surface area contributed by atoms with E-state index in [4.69, 9.17) is 21.1 Å². The summed E-state index contributed by atoms with van der Waals surface area (Å²) in [6.07, 6.45) is 8.32. The molecule has 0 saturated heterocycles. The minimum Gasteiger partial charge on any atom is -0.454 e. The standard InChI is InChI=1S/C18H28O3S.C8H5ClS/c1-3-4-5-6-7-8-11-22(19)15(2)12-16-9-10-17-18(13-16)21-14-20-17;9-7-5-10-8-4-2-1-3-6(7)8/h9-10,13,15H,3-8,11-12,14H2,1-2H3;1-5H. The number of thiophene rings is 1. The Bertz CT molecular complexity index is 1000. The second-order valence-corrected chi connectivity index (χ2v) is 11.4. The minimum absolute atomic E-state index is 0.191. The Morgan fingerprint density at radius 2 is 1.78 bits per heavy atom. The van der Waals surface area contributed by atoms with Gasteiger partial charge >= 0.3 is 0 Å². The van der Waals surface area contributed by atoms with Gasteiger partial charge in [0.2, 0.25) is 6.79 Å². The Labute approximate surface area is 203 Å². The largest absolute Gasteiger partial charge is 0.454 e. The van der Waals surface area contributed by atoms with Crippen LogP contribution in [0.3, 0.4) is 0 Å². The molecule has 2 atom stereocenters. The smallest absolute Gasteiger partial charge is 0.231 e. The highest BCUT2D eigenvalue weighted by Gasteiger charge is 2.16. The number of halogens is 1. The number of hydrogen-bond acceptors (Lipinski definition) is 4. The second kappa shape index (κ2) is 13.2. The van der Waals surface area contributed by atoms with Crippen molar-refractivity contribution in [2.45, 2.75) is 64.0 Å². The normalized spacial score (nSPS) is 14.1. The molecule has 2 aromatic carbocycles. The van der Waals surface area contributed by atoms with E-state index in [0.29, 0.717) is 6.79 Å². The van der Waals surface area contributed by atoms with Gasteiger partial charge in [0.25, 0.3) is 0 Å². The third-order valence-corrected chi connectivity index (χ3v) is 8.70. The molecule has 1 aliphatic heterocycles. The van der Waals surface area contributed by atoms with Gasteiger partial charge in [-0.3, -0.25) is 4.21 Å². The molecule has 174 valence electrons. The topological polar surface area (TPSA) is 35.5 Å². The van der Waals surface area contributed by atoms with Crippen LogP contribution in [-0.2, 0) is 17.2 Å². The third kappa shape index (κ3) is 7.50. The molecule has 0 saturated carbocycles. The van der Waals surface area contributed by atoms with Gasteiger partial charge in [-0.1, -0.05) is 81.8 Å². The fourth-order valence-corrected chi connectivity index (χ4v) is 6.11. The molecule has 0 radical (unpaired) electrons. The molecule has 0 aliphatic carbocycles. The van der Waals surface area contributed by atoms with Gasteiger partial charge in [0.1, 0.15) is 0 Å². The highest BCUT2D eigenvalue weighted by molar-refractivity contribution is 7.85. The van der Waals surface area contributed by atoms with Gasteiger partial charge in [-0.15, -0.1) is 11.3 Å². The van der Waals surface area contributed by atoms with Gasteiger partial charge in [0.15, 0.2) is 11.5 Å². The maximum atomic E-state index is 12.3. The third-order valence-electron chi connectivity index (χ3n) is 5.54. The van der Waals surface area contributed by atoms with E-state index in [0.717, 1.165) is 40.5 Å². The second-order valence-electron chi connectivity index (χ2n) is 8.13. The van der Waals surface area contributed by atoms with Gasteiger partial charge in [0, 0.05) is 37.3 Å². The van der Waals surface area contributed by atoms with Gasteiger partial charge in [-0.05, 0) is 36.6 Å². The average molecular weight is 493 g/mol. The Morgan fingerprint density at radius 1 is 1.03 bits per heavy atom. The van der Waals surface area contributed by atoms with Crippen molar-refractivity contribution < 1.29 is 13.7 Å². The zero-order valence-electron chi connectivity index (χ0n) is 19.0. The predicted molar refractivity (Wildman–Crippen MR) is 139 cm³/mol. The molecular formula is C26H33ClO3S2. The van der Waals surface area contributed by atoms with Crippen LogP contribution in [0.2, 0.25) is 5.02 Å². The highest BCUT2D eigenvalue weighted by Crippen LogP contribution is 2.33. The molecule has 1 aliphatic rings. The zero-order chi connectivity index (χ0) is 22.8. The summed E-state index contributed by atoms with van der Waals surface area (Å²) in [6, 6.07) is 14.1. The van der Waals surface area contributed by atoms with Crippen molar-refractivity contribution in [2.75, 3.05) is 12.5 Å². The van der Waals surface area contributed by atoms with Crippen LogP contribution >= 0.6 is 22.9 Å². The Balaban J connectivity index is 0.000000238. The van der Waals surface area contributed by atoms with Gasteiger partial charge in [-0.25, -0.2) is 0 Å². The number of ether oxygens (including phenoxy) is 2. The summed E-state index contributed by atoms with van der Waals surface area (Å²) in [7, 11) is -0.743. The van der Waals surface area contributed by atoms with E-state index in [1.165, 1.54) is 42.4 Å². The molecule has 4 rings (SSSR count). The molecule has 3 nitrogen and oxygen atoms in total. The van der Waals surface area contributed by atoms with E-state index in [9.17, 15) is 4.21 Å². The molecule has 2 heterocycles. The van der Waals surface area contributed by atoms with Crippen molar-refractivity contribution in [1.29, 1.82) is 0 Å². The summed E-state index contributed by atoms with van der Waals surface area (Å²) in [6.45, 7) is 4.61. The van der Waals surface area contributed by atoms with Crippen molar-refractivity contribution >= 4 is 43.8 Å². The maximum absolute atomic E-state index is 12.3. The Kier molecular flexibility index (Phi) is 10.4. The van der Waals surface area contributed by atoms with Crippen LogP contribution < -0.4 is 9.47 Å². The van der Waals surface area contributed by atoms with Crippen molar-refractivity contribution in [3.8, 4) is 11.5 Å². The van der Waals surface area contributed by atoms with Crippen LogP contribution in [0.15, 0.2) is 47.8 Å². The first-order valence-electron chi connectivity index (χ1n) is 11.5. The molecule has 2 unspecified atom stereocenters. The molecule has 32 heavy (non-hydrogen) atoms. The molecular weight excluding hydrogens is 460 g/mol. The number of benzene rings is 2. The van der Waals surface area contributed by atoms with Crippen LogP contribution in [-0.4, -0.2) is 22.0 Å². The lowest BCUT2D eigenvalue weighted by Gasteiger charge is -2.12. The van der Waals surface area contributed by atoms with E-state index >= 15 is 0 Å². The van der Waals surface area contributed by atoms with Gasteiger partial charge in [0.05, 0.1) is 5.02 Å². The molecule has 1 aromatic heterocycles. The molecule has 0 fully saturated rings. The summed E-state index contributed by atoms with van der Waals surface area (Å²) >= 11 is 7.56. The van der Waals surface area contributed by atoms with Crippen molar-refractivity contribution in [1.82, 2.24) is 0 Å². The number of fused-ring (bicyclic) bond motifs is 2. The van der Waals surface area contributed by atoms with Crippen molar-refractivity contribution in [3.63, 3.8) is 0 Å². The molecule has 0 amide bonds. The van der Waals surface area contributed by atoms with Gasteiger partial charge in [-0.2, -0.15) is 0 Å². The zero-order valence-corrected chi connectivity index (χ0v) is 21.4. The first-order chi connectivity index (χ1) is 15.6. The monoisotopic (exact) mass is 492 g/mol. The van der Waals surface area contributed by atoms with E-state index in [1.807, 2.05) is 41.8 Å². The number of rotatable bonds is 10. The fraction of sp³-hybridized carbons (Fsp3) is 0.462. The quantitative estimate of drug-likeness (QED) is 0.269.